The van der Waals surface area contributed by atoms with Crippen LogP contribution in [-0.2, 0) is 9.53 Å². The van der Waals surface area contributed by atoms with Gasteiger partial charge in [0.2, 0.25) is 5.91 Å². The molecular weight excluding hydrogens is 324 g/mol. The normalized spacial score (nSPS) is 10.7. The van der Waals surface area contributed by atoms with Gasteiger partial charge in [0.25, 0.3) is 0 Å². The van der Waals surface area contributed by atoms with E-state index in [9.17, 15) is 9.59 Å². The number of hydrogen-bond acceptors (Lipinski definition) is 5. The lowest BCUT2D eigenvalue weighted by molar-refractivity contribution is -0.115. The van der Waals surface area contributed by atoms with E-state index < -0.39 is 17.6 Å². The zero-order valence-electron chi connectivity index (χ0n) is 13.8. The zero-order valence-corrected chi connectivity index (χ0v) is 14.5. The second kappa shape index (κ2) is 7.92. The number of halogens is 1. The molecule has 2 amide bonds. The molecule has 0 bridgehead atoms. The van der Waals surface area contributed by atoms with Crippen LogP contribution < -0.4 is 20.1 Å². The molecule has 0 aromatic heterocycles. The van der Waals surface area contributed by atoms with Crippen molar-refractivity contribution in [3.8, 4) is 11.5 Å². The van der Waals surface area contributed by atoms with E-state index in [0.29, 0.717) is 22.2 Å². The van der Waals surface area contributed by atoms with Crippen LogP contribution in [0.3, 0.4) is 0 Å². The Bertz CT molecular complexity index is 584. The Morgan fingerprint density at radius 2 is 1.74 bits per heavy atom. The molecule has 0 aliphatic rings. The Morgan fingerprint density at radius 3 is 2.26 bits per heavy atom. The third-order valence-corrected chi connectivity index (χ3v) is 2.84. The molecule has 0 aliphatic heterocycles. The van der Waals surface area contributed by atoms with E-state index in [1.165, 1.54) is 26.4 Å². The van der Waals surface area contributed by atoms with Gasteiger partial charge in [-0.2, -0.15) is 0 Å². The third-order valence-electron chi connectivity index (χ3n) is 2.54. The highest BCUT2D eigenvalue weighted by Gasteiger charge is 2.17. The highest BCUT2D eigenvalue weighted by atomic mass is 35.5. The number of alkyl carbamates (subject to hydrolysis) is 1. The van der Waals surface area contributed by atoms with E-state index in [-0.39, 0.29) is 6.54 Å². The first-order valence-corrected chi connectivity index (χ1v) is 7.22. The average Bonchev–Trinajstić information content (AvgIpc) is 2.44. The van der Waals surface area contributed by atoms with Gasteiger partial charge >= 0.3 is 6.09 Å². The van der Waals surface area contributed by atoms with Crippen molar-refractivity contribution < 1.29 is 23.8 Å². The summed E-state index contributed by atoms with van der Waals surface area (Å²) in [5, 5.41) is 5.33. The van der Waals surface area contributed by atoms with Crippen molar-refractivity contribution in [1.82, 2.24) is 5.32 Å². The van der Waals surface area contributed by atoms with Crippen LogP contribution in [0.25, 0.3) is 0 Å². The van der Waals surface area contributed by atoms with E-state index in [1.54, 1.807) is 20.8 Å². The minimum Gasteiger partial charge on any atom is -0.495 e. The van der Waals surface area contributed by atoms with E-state index >= 15 is 0 Å². The van der Waals surface area contributed by atoms with Crippen LogP contribution in [0.1, 0.15) is 20.8 Å². The zero-order chi connectivity index (χ0) is 17.6. The fourth-order valence-electron chi connectivity index (χ4n) is 1.62. The molecule has 0 saturated carbocycles. The summed E-state index contributed by atoms with van der Waals surface area (Å²) in [4.78, 5) is 23.4. The highest BCUT2D eigenvalue weighted by molar-refractivity contribution is 6.32. The second-order valence-corrected chi connectivity index (χ2v) is 6.00. The van der Waals surface area contributed by atoms with Gasteiger partial charge in [0.15, 0.2) is 0 Å². The molecular formula is C15H21ClN2O5. The Labute approximate surface area is 140 Å². The molecule has 0 spiro atoms. The summed E-state index contributed by atoms with van der Waals surface area (Å²) >= 11 is 5.99. The maximum atomic E-state index is 11.9. The number of carbonyl (C=O) groups excluding carboxylic acids is 2. The molecule has 1 rings (SSSR count). The molecule has 0 saturated heterocycles. The number of anilines is 1. The lowest BCUT2D eigenvalue weighted by Gasteiger charge is -2.19. The van der Waals surface area contributed by atoms with Gasteiger partial charge < -0.3 is 24.8 Å². The van der Waals surface area contributed by atoms with Gasteiger partial charge in [-0.1, -0.05) is 11.6 Å². The van der Waals surface area contributed by atoms with Gasteiger partial charge in [-0.25, -0.2) is 4.79 Å². The van der Waals surface area contributed by atoms with Gasteiger partial charge in [-0.15, -0.1) is 0 Å². The van der Waals surface area contributed by atoms with Crippen LogP contribution in [0.5, 0.6) is 11.5 Å². The molecule has 0 fully saturated rings. The highest BCUT2D eigenvalue weighted by Crippen LogP contribution is 2.35. The van der Waals surface area contributed by atoms with Crippen molar-refractivity contribution in [1.29, 1.82) is 0 Å². The molecule has 0 aliphatic carbocycles. The van der Waals surface area contributed by atoms with Crippen LogP contribution in [0.15, 0.2) is 12.1 Å². The van der Waals surface area contributed by atoms with E-state index in [1.807, 2.05) is 0 Å². The lowest BCUT2D eigenvalue weighted by Crippen LogP contribution is -2.37. The smallest absolute Gasteiger partial charge is 0.408 e. The lowest BCUT2D eigenvalue weighted by atomic mass is 10.2. The SMILES string of the molecule is COc1cc(NC(=O)CNC(=O)OC(C)(C)C)c(OC)cc1Cl. The van der Waals surface area contributed by atoms with Gasteiger partial charge in [0.1, 0.15) is 23.6 Å². The summed E-state index contributed by atoms with van der Waals surface area (Å²) in [6.45, 7) is 4.95. The molecule has 1 aromatic rings. The minimum atomic E-state index is -0.673. The second-order valence-electron chi connectivity index (χ2n) is 5.59. The number of amides is 2. The van der Waals surface area contributed by atoms with Crippen molar-refractivity contribution >= 4 is 29.3 Å². The largest absolute Gasteiger partial charge is 0.495 e. The number of hydrogen-bond donors (Lipinski definition) is 2. The fourth-order valence-corrected chi connectivity index (χ4v) is 1.85. The number of nitrogens with one attached hydrogen (secondary N) is 2. The van der Waals surface area contributed by atoms with Crippen molar-refractivity contribution in [3.05, 3.63) is 17.2 Å². The predicted molar refractivity (Wildman–Crippen MR) is 87.4 cm³/mol. The van der Waals surface area contributed by atoms with Gasteiger partial charge in [0, 0.05) is 12.1 Å². The topological polar surface area (TPSA) is 85.9 Å². The van der Waals surface area contributed by atoms with E-state index in [0.717, 1.165) is 0 Å². The number of carbonyl (C=O) groups is 2. The summed E-state index contributed by atoms with van der Waals surface area (Å²) in [5.74, 6) is 0.322. The van der Waals surface area contributed by atoms with E-state index in [4.69, 9.17) is 25.8 Å². The summed E-state index contributed by atoms with van der Waals surface area (Å²) < 4.78 is 15.3. The molecule has 0 heterocycles. The van der Waals surface area contributed by atoms with Gasteiger partial charge in [0.05, 0.1) is 24.9 Å². The molecule has 8 heteroatoms. The minimum absolute atomic E-state index is 0.247. The number of benzene rings is 1. The van der Waals surface area contributed by atoms with Crippen LogP contribution in [-0.4, -0.2) is 38.4 Å². The third kappa shape index (κ3) is 6.23. The molecule has 0 radical (unpaired) electrons. The van der Waals surface area contributed by atoms with E-state index in [2.05, 4.69) is 10.6 Å². The molecule has 2 N–H and O–H groups in total. The molecule has 0 unspecified atom stereocenters. The Hall–Kier alpha value is -2.15. The van der Waals surface area contributed by atoms with Crippen molar-refractivity contribution in [3.63, 3.8) is 0 Å². The van der Waals surface area contributed by atoms with Crippen molar-refractivity contribution in [2.45, 2.75) is 26.4 Å². The number of methoxy groups -OCH3 is 2. The van der Waals surface area contributed by atoms with Gasteiger partial charge in [-0.3, -0.25) is 4.79 Å². The van der Waals surface area contributed by atoms with Crippen LogP contribution in [0.4, 0.5) is 10.5 Å². The fraction of sp³-hybridized carbons (Fsp3) is 0.467. The predicted octanol–water partition coefficient (Wildman–Crippen LogP) is 2.82. The van der Waals surface area contributed by atoms with Crippen LogP contribution in [0.2, 0.25) is 5.02 Å². The first-order valence-electron chi connectivity index (χ1n) is 6.84. The average molecular weight is 345 g/mol. The molecule has 1 aromatic carbocycles. The van der Waals surface area contributed by atoms with Crippen LogP contribution >= 0.6 is 11.6 Å². The maximum Gasteiger partial charge on any atom is 0.408 e. The summed E-state index contributed by atoms with van der Waals surface area (Å²) in [6, 6.07) is 3.06. The first-order chi connectivity index (χ1) is 10.7. The summed E-state index contributed by atoms with van der Waals surface area (Å²) in [7, 11) is 2.91. The summed E-state index contributed by atoms with van der Waals surface area (Å²) in [5.41, 5.74) is -0.252. The Kier molecular flexibility index (Phi) is 6.50. The molecule has 0 atom stereocenters. The molecule has 7 nitrogen and oxygen atoms in total. The first kappa shape index (κ1) is 18.9. The standard InChI is InChI=1S/C15H21ClN2O5/c1-15(2,3)23-14(20)17-8-13(19)18-10-7-11(21-4)9(16)6-12(10)22-5/h6-7H,8H2,1-5H3,(H,17,20)(H,18,19). The van der Waals surface area contributed by atoms with Crippen molar-refractivity contribution in [2.24, 2.45) is 0 Å². The Morgan fingerprint density at radius 1 is 1.13 bits per heavy atom. The molecule has 128 valence electrons. The Balaban J connectivity index is 2.69. The number of ether oxygens (including phenoxy) is 3. The quantitative estimate of drug-likeness (QED) is 0.857. The monoisotopic (exact) mass is 344 g/mol. The van der Waals surface area contributed by atoms with Gasteiger partial charge in [-0.05, 0) is 20.8 Å². The summed E-state index contributed by atoms with van der Waals surface area (Å²) in [6.07, 6.45) is -0.673. The molecule has 23 heavy (non-hydrogen) atoms. The number of rotatable bonds is 5. The maximum absolute atomic E-state index is 11.9. The van der Waals surface area contributed by atoms with Crippen LogP contribution in [0, 0.1) is 0 Å². The van der Waals surface area contributed by atoms with Crippen molar-refractivity contribution in [2.75, 3.05) is 26.1 Å².